The van der Waals surface area contributed by atoms with Crippen LogP contribution in [0.4, 0.5) is 18.0 Å². The molecular formula is C17H18F3N3O. The highest BCUT2D eigenvalue weighted by Crippen LogP contribution is 2.23. The molecular weight excluding hydrogens is 319 g/mol. The maximum Gasteiger partial charge on any atom is 0.408 e. The van der Waals surface area contributed by atoms with Crippen molar-refractivity contribution in [3.05, 3.63) is 66.0 Å². The molecule has 7 heteroatoms. The third-order valence-electron chi connectivity index (χ3n) is 3.54. The number of amides is 2. The second-order valence-corrected chi connectivity index (χ2v) is 5.40. The van der Waals surface area contributed by atoms with Gasteiger partial charge in [0.15, 0.2) is 0 Å². The van der Waals surface area contributed by atoms with E-state index in [1.165, 1.54) is 0 Å². The lowest BCUT2D eigenvalue weighted by atomic mass is 10.1. The summed E-state index contributed by atoms with van der Waals surface area (Å²) >= 11 is 0. The van der Waals surface area contributed by atoms with Crippen LogP contribution in [0.15, 0.2) is 54.9 Å². The molecule has 0 aliphatic heterocycles. The topological polar surface area (TPSA) is 54.0 Å². The van der Waals surface area contributed by atoms with Crippen molar-refractivity contribution in [1.29, 1.82) is 0 Å². The second kappa shape index (κ2) is 7.81. The molecule has 1 heterocycles. The van der Waals surface area contributed by atoms with Crippen LogP contribution >= 0.6 is 0 Å². The molecule has 1 aromatic heterocycles. The monoisotopic (exact) mass is 337 g/mol. The molecule has 2 atom stereocenters. The maximum absolute atomic E-state index is 13.2. The van der Waals surface area contributed by atoms with Gasteiger partial charge in [0.05, 0.1) is 6.04 Å². The van der Waals surface area contributed by atoms with Crippen LogP contribution in [0.2, 0.25) is 0 Å². The second-order valence-electron chi connectivity index (χ2n) is 5.40. The van der Waals surface area contributed by atoms with E-state index in [1.54, 1.807) is 61.8 Å². The molecule has 2 N–H and O–H groups in total. The van der Waals surface area contributed by atoms with Crippen LogP contribution in [-0.2, 0) is 6.42 Å². The van der Waals surface area contributed by atoms with Crippen molar-refractivity contribution in [2.24, 2.45) is 0 Å². The lowest BCUT2D eigenvalue weighted by Crippen LogP contribution is -2.50. The number of urea groups is 1. The van der Waals surface area contributed by atoms with E-state index < -0.39 is 24.3 Å². The van der Waals surface area contributed by atoms with Crippen LogP contribution in [-0.4, -0.2) is 23.2 Å². The quantitative estimate of drug-likeness (QED) is 0.876. The summed E-state index contributed by atoms with van der Waals surface area (Å²) in [5.41, 5.74) is 1.26. The molecule has 24 heavy (non-hydrogen) atoms. The molecule has 0 saturated heterocycles. The van der Waals surface area contributed by atoms with Crippen molar-refractivity contribution in [2.45, 2.75) is 31.6 Å². The Labute approximate surface area is 138 Å². The van der Waals surface area contributed by atoms with Crippen molar-refractivity contribution >= 4 is 6.03 Å². The van der Waals surface area contributed by atoms with Gasteiger partial charge in [0, 0.05) is 18.8 Å². The van der Waals surface area contributed by atoms with Crippen molar-refractivity contribution in [1.82, 2.24) is 15.6 Å². The SMILES string of the molecule is C[C@H](NC(=O)N[C@@H](Cc1ccccc1)C(F)(F)F)c1ccncc1. The van der Waals surface area contributed by atoms with E-state index in [0.717, 1.165) is 5.56 Å². The number of aromatic nitrogens is 1. The first-order valence-electron chi connectivity index (χ1n) is 7.44. The first-order valence-corrected chi connectivity index (χ1v) is 7.44. The fourth-order valence-electron chi connectivity index (χ4n) is 2.23. The number of carbonyl (C=O) groups excluding carboxylic acids is 1. The minimum atomic E-state index is -4.53. The average Bonchev–Trinajstić information content (AvgIpc) is 2.55. The molecule has 128 valence electrons. The summed E-state index contributed by atoms with van der Waals surface area (Å²) in [6, 6.07) is 8.37. The van der Waals surface area contributed by atoms with E-state index in [-0.39, 0.29) is 6.42 Å². The zero-order valence-corrected chi connectivity index (χ0v) is 13.0. The van der Waals surface area contributed by atoms with Gasteiger partial charge in [-0.1, -0.05) is 30.3 Å². The number of pyridine rings is 1. The number of halogens is 3. The summed E-state index contributed by atoms with van der Waals surface area (Å²) in [7, 11) is 0. The van der Waals surface area contributed by atoms with Crippen molar-refractivity contribution in [2.75, 3.05) is 0 Å². The van der Waals surface area contributed by atoms with Gasteiger partial charge in [-0.25, -0.2) is 4.79 Å². The summed E-state index contributed by atoms with van der Waals surface area (Å²) in [6.45, 7) is 1.69. The van der Waals surface area contributed by atoms with Crippen LogP contribution in [0.1, 0.15) is 24.1 Å². The predicted octanol–water partition coefficient (Wildman–Crippen LogP) is 3.62. The average molecular weight is 337 g/mol. The minimum absolute atomic E-state index is 0.318. The molecule has 4 nitrogen and oxygen atoms in total. The Morgan fingerprint density at radius 3 is 2.29 bits per heavy atom. The summed E-state index contributed by atoms with van der Waals surface area (Å²) < 4.78 is 39.5. The lowest BCUT2D eigenvalue weighted by molar-refractivity contribution is -0.152. The Hall–Kier alpha value is -2.57. The largest absolute Gasteiger partial charge is 0.408 e. The Bertz CT molecular complexity index is 647. The molecule has 2 aromatic rings. The zero-order chi connectivity index (χ0) is 17.6. The Morgan fingerprint density at radius 2 is 1.71 bits per heavy atom. The van der Waals surface area contributed by atoms with Crippen LogP contribution in [0.5, 0.6) is 0 Å². The van der Waals surface area contributed by atoms with Crippen LogP contribution in [0, 0.1) is 0 Å². The number of rotatable bonds is 5. The number of carbonyl (C=O) groups is 1. The van der Waals surface area contributed by atoms with Gasteiger partial charge < -0.3 is 10.6 Å². The number of hydrogen-bond acceptors (Lipinski definition) is 2. The first-order chi connectivity index (χ1) is 11.4. The zero-order valence-electron chi connectivity index (χ0n) is 13.0. The van der Waals surface area contributed by atoms with Gasteiger partial charge >= 0.3 is 12.2 Å². The van der Waals surface area contributed by atoms with Gasteiger partial charge in [0.2, 0.25) is 0 Å². The third-order valence-corrected chi connectivity index (χ3v) is 3.54. The van der Waals surface area contributed by atoms with Crippen LogP contribution < -0.4 is 10.6 Å². The Kier molecular flexibility index (Phi) is 5.78. The van der Waals surface area contributed by atoms with Gasteiger partial charge in [-0.2, -0.15) is 13.2 Å². The van der Waals surface area contributed by atoms with E-state index >= 15 is 0 Å². The lowest BCUT2D eigenvalue weighted by Gasteiger charge is -2.23. The molecule has 0 bridgehead atoms. The van der Waals surface area contributed by atoms with Crippen molar-refractivity contribution < 1.29 is 18.0 Å². The van der Waals surface area contributed by atoms with Crippen LogP contribution in [0.25, 0.3) is 0 Å². The fraction of sp³-hybridized carbons (Fsp3) is 0.294. The van der Waals surface area contributed by atoms with E-state index in [1.807, 2.05) is 5.32 Å². The molecule has 0 saturated carbocycles. The Morgan fingerprint density at radius 1 is 1.08 bits per heavy atom. The summed E-state index contributed by atoms with van der Waals surface area (Å²) in [5.74, 6) is 0. The summed E-state index contributed by atoms with van der Waals surface area (Å²) in [5, 5.41) is 4.52. The van der Waals surface area contributed by atoms with Gasteiger partial charge in [-0.15, -0.1) is 0 Å². The van der Waals surface area contributed by atoms with E-state index in [9.17, 15) is 18.0 Å². The molecule has 1 aromatic carbocycles. The van der Waals surface area contributed by atoms with Gasteiger partial charge in [0.1, 0.15) is 6.04 Å². The van der Waals surface area contributed by atoms with E-state index in [2.05, 4.69) is 10.3 Å². The maximum atomic E-state index is 13.2. The van der Waals surface area contributed by atoms with Gasteiger partial charge in [-0.3, -0.25) is 4.98 Å². The normalized spacial score (nSPS) is 13.8. The van der Waals surface area contributed by atoms with Crippen molar-refractivity contribution in [3.8, 4) is 0 Å². The Balaban J connectivity index is 2.00. The van der Waals surface area contributed by atoms with E-state index in [4.69, 9.17) is 0 Å². The summed E-state index contributed by atoms with van der Waals surface area (Å²) in [6.07, 6.45) is -1.74. The highest BCUT2D eigenvalue weighted by molar-refractivity contribution is 5.74. The molecule has 0 radical (unpaired) electrons. The summed E-state index contributed by atoms with van der Waals surface area (Å²) in [4.78, 5) is 15.8. The van der Waals surface area contributed by atoms with Crippen LogP contribution in [0.3, 0.4) is 0 Å². The third kappa shape index (κ3) is 5.26. The molecule has 0 aliphatic rings. The van der Waals surface area contributed by atoms with E-state index in [0.29, 0.717) is 5.56 Å². The number of alkyl halides is 3. The molecule has 0 fully saturated rings. The highest BCUT2D eigenvalue weighted by atomic mass is 19.4. The number of nitrogens with zero attached hydrogens (tertiary/aromatic N) is 1. The van der Waals surface area contributed by atoms with Crippen molar-refractivity contribution in [3.63, 3.8) is 0 Å². The molecule has 0 aliphatic carbocycles. The minimum Gasteiger partial charge on any atom is -0.332 e. The number of hydrogen-bond donors (Lipinski definition) is 2. The number of nitrogens with one attached hydrogen (secondary N) is 2. The standard InChI is InChI=1S/C17H18F3N3O/c1-12(14-7-9-21-10-8-14)22-16(24)23-15(17(18,19)20)11-13-5-3-2-4-6-13/h2-10,12,15H,11H2,1H3,(H2,22,23,24)/t12-,15-/m0/s1. The predicted molar refractivity (Wildman–Crippen MR) is 84.3 cm³/mol. The van der Waals surface area contributed by atoms with Gasteiger partial charge in [-0.05, 0) is 30.2 Å². The first kappa shape index (κ1) is 17.8. The number of benzene rings is 1. The molecule has 2 rings (SSSR count). The molecule has 0 unspecified atom stereocenters. The molecule has 2 amide bonds. The molecule has 0 spiro atoms. The highest BCUT2D eigenvalue weighted by Gasteiger charge is 2.40. The smallest absolute Gasteiger partial charge is 0.332 e. The fourth-order valence-corrected chi connectivity index (χ4v) is 2.23. The van der Waals surface area contributed by atoms with Gasteiger partial charge in [0.25, 0.3) is 0 Å².